The number of rotatable bonds is 6. The summed E-state index contributed by atoms with van der Waals surface area (Å²) in [4.78, 5) is 4.23. The Morgan fingerprint density at radius 3 is 2.65 bits per heavy atom. The average molecular weight is 271 g/mol. The minimum Gasteiger partial charge on any atom is -0.409 e. The zero-order valence-electron chi connectivity index (χ0n) is 11.1. The molecule has 2 rings (SSSR count). The van der Waals surface area contributed by atoms with Gasteiger partial charge in [0, 0.05) is 23.9 Å². The summed E-state index contributed by atoms with van der Waals surface area (Å²) in [5.41, 5.74) is 8.24. The predicted octanol–water partition coefficient (Wildman–Crippen LogP) is 1.94. The Kier molecular flexibility index (Phi) is 5.08. The van der Waals surface area contributed by atoms with Gasteiger partial charge >= 0.3 is 0 Å². The van der Waals surface area contributed by atoms with E-state index in [2.05, 4.69) is 10.1 Å². The largest absolute Gasteiger partial charge is 0.409 e. The van der Waals surface area contributed by atoms with Gasteiger partial charge in [-0.2, -0.15) is 0 Å². The molecule has 0 atom stereocenters. The predicted molar refractivity (Wildman–Crippen MR) is 76.5 cm³/mol. The average Bonchev–Trinajstić information content (AvgIpc) is 2.52. The van der Waals surface area contributed by atoms with Gasteiger partial charge in [-0.25, -0.2) is 0 Å². The van der Waals surface area contributed by atoms with Crippen molar-refractivity contribution in [1.29, 1.82) is 0 Å². The normalized spacial score (nSPS) is 11.5. The van der Waals surface area contributed by atoms with Crippen molar-refractivity contribution >= 4 is 5.84 Å². The number of nitrogens with zero attached hydrogens (tertiary/aromatic N) is 2. The van der Waals surface area contributed by atoms with Gasteiger partial charge in [-0.05, 0) is 17.7 Å². The summed E-state index contributed by atoms with van der Waals surface area (Å²) < 4.78 is 5.60. The third kappa shape index (κ3) is 4.07. The van der Waals surface area contributed by atoms with E-state index < -0.39 is 0 Å². The fraction of sp³-hybridized carbons (Fsp3) is 0.200. The molecular weight excluding hydrogens is 254 g/mol. The quantitative estimate of drug-likeness (QED) is 0.276. The SMILES string of the molecule is N/C(=N\O)c1ccc(COCCc2ccccn2)cc1. The Morgan fingerprint density at radius 1 is 1.20 bits per heavy atom. The summed E-state index contributed by atoms with van der Waals surface area (Å²) in [6.45, 7) is 1.16. The second kappa shape index (κ2) is 7.25. The van der Waals surface area contributed by atoms with Gasteiger partial charge in [0.2, 0.25) is 0 Å². The molecule has 0 spiro atoms. The lowest BCUT2D eigenvalue weighted by atomic mass is 10.1. The minimum atomic E-state index is 0.104. The summed E-state index contributed by atoms with van der Waals surface area (Å²) in [6.07, 6.45) is 2.57. The first-order chi connectivity index (χ1) is 9.79. The van der Waals surface area contributed by atoms with Crippen LogP contribution in [0.1, 0.15) is 16.8 Å². The van der Waals surface area contributed by atoms with Crippen LogP contribution in [0.2, 0.25) is 0 Å². The molecule has 1 aromatic carbocycles. The topological polar surface area (TPSA) is 80.7 Å². The summed E-state index contributed by atoms with van der Waals surface area (Å²) >= 11 is 0. The van der Waals surface area contributed by atoms with Crippen LogP contribution in [-0.2, 0) is 17.8 Å². The van der Waals surface area contributed by atoms with Crippen LogP contribution in [-0.4, -0.2) is 22.6 Å². The van der Waals surface area contributed by atoms with E-state index in [-0.39, 0.29) is 5.84 Å². The molecule has 0 aliphatic rings. The molecule has 0 radical (unpaired) electrons. The Balaban J connectivity index is 1.77. The first kappa shape index (κ1) is 14.0. The van der Waals surface area contributed by atoms with E-state index in [0.717, 1.165) is 17.7 Å². The number of benzene rings is 1. The lowest BCUT2D eigenvalue weighted by molar-refractivity contribution is 0.123. The summed E-state index contributed by atoms with van der Waals surface area (Å²) in [6, 6.07) is 13.2. The maximum atomic E-state index is 8.57. The van der Waals surface area contributed by atoms with Crippen LogP contribution >= 0.6 is 0 Å². The third-order valence-corrected chi connectivity index (χ3v) is 2.85. The van der Waals surface area contributed by atoms with Crippen LogP contribution in [0.25, 0.3) is 0 Å². The molecule has 0 bridgehead atoms. The van der Waals surface area contributed by atoms with E-state index in [9.17, 15) is 0 Å². The summed E-state index contributed by atoms with van der Waals surface area (Å²) in [5, 5.41) is 11.5. The van der Waals surface area contributed by atoms with Crippen molar-refractivity contribution in [2.75, 3.05) is 6.61 Å². The van der Waals surface area contributed by atoms with Crippen LogP contribution in [0.4, 0.5) is 0 Å². The zero-order valence-corrected chi connectivity index (χ0v) is 11.1. The number of aromatic nitrogens is 1. The van der Waals surface area contributed by atoms with Crippen molar-refractivity contribution in [2.24, 2.45) is 10.9 Å². The minimum absolute atomic E-state index is 0.104. The molecule has 0 saturated carbocycles. The van der Waals surface area contributed by atoms with E-state index in [4.69, 9.17) is 15.7 Å². The number of pyridine rings is 1. The molecule has 2 aromatic rings. The molecule has 0 aliphatic heterocycles. The number of ether oxygens (including phenoxy) is 1. The Morgan fingerprint density at radius 2 is 2.00 bits per heavy atom. The van der Waals surface area contributed by atoms with Crippen molar-refractivity contribution in [2.45, 2.75) is 13.0 Å². The Bertz CT molecular complexity index is 553. The van der Waals surface area contributed by atoms with Crippen LogP contribution in [0.5, 0.6) is 0 Å². The monoisotopic (exact) mass is 271 g/mol. The summed E-state index contributed by atoms with van der Waals surface area (Å²) in [7, 11) is 0. The van der Waals surface area contributed by atoms with Gasteiger partial charge in [0.15, 0.2) is 5.84 Å². The fourth-order valence-electron chi connectivity index (χ4n) is 1.74. The van der Waals surface area contributed by atoms with Crippen molar-refractivity contribution in [1.82, 2.24) is 4.98 Å². The third-order valence-electron chi connectivity index (χ3n) is 2.85. The maximum absolute atomic E-state index is 8.57. The standard InChI is InChI=1S/C15H17N3O2/c16-15(18-19)13-6-4-12(5-7-13)11-20-10-8-14-3-1-2-9-17-14/h1-7,9,19H,8,10-11H2,(H2,16,18). The molecule has 5 heteroatoms. The molecule has 104 valence electrons. The van der Waals surface area contributed by atoms with Gasteiger partial charge in [0.25, 0.3) is 0 Å². The molecule has 0 unspecified atom stereocenters. The van der Waals surface area contributed by atoms with Crippen molar-refractivity contribution in [3.63, 3.8) is 0 Å². The second-order valence-electron chi connectivity index (χ2n) is 4.31. The van der Waals surface area contributed by atoms with E-state index in [1.165, 1.54) is 0 Å². The molecule has 5 nitrogen and oxygen atoms in total. The van der Waals surface area contributed by atoms with Crippen LogP contribution in [0.15, 0.2) is 53.8 Å². The van der Waals surface area contributed by atoms with Crippen LogP contribution < -0.4 is 5.73 Å². The van der Waals surface area contributed by atoms with Crippen LogP contribution in [0.3, 0.4) is 0 Å². The molecular formula is C15H17N3O2. The van der Waals surface area contributed by atoms with Gasteiger partial charge in [0.05, 0.1) is 13.2 Å². The molecule has 0 saturated heterocycles. The van der Waals surface area contributed by atoms with E-state index in [1.807, 2.05) is 30.3 Å². The fourth-order valence-corrected chi connectivity index (χ4v) is 1.74. The molecule has 20 heavy (non-hydrogen) atoms. The number of oxime groups is 1. The highest BCUT2D eigenvalue weighted by Crippen LogP contribution is 2.06. The first-order valence-electron chi connectivity index (χ1n) is 6.34. The highest BCUT2D eigenvalue weighted by molar-refractivity contribution is 5.96. The molecule has 0 amide bonds. The highest BCUT2D eigenvalue weighted by atomic mass is 16.5. The van der Waals surface area contributed by atoms with Gasteiger partial charge in [-0.3, -0.25) is 4.98 Å². The zero-order chi connectivity index (χ0) is 14.2. The van der Waals surface area contributed by atoms with Crippen molar-refractivity contribution in [3.05, 3.63) is 65.5 Å². The molecule has 0 fully saturated rings. The summed E-state index contributed by atoms with van der Waals surface area (Å²) in [5.74, 6) is 0.104. The van der Waals surface area contributed by atoms with Gasteiger partial charge < -0.3 is 15.7 Å². The van der Waals surface area contributed by atoms with E-state index >= 15 is 0 Å². The molecule has 1 heterocycles. The van der Waals surface area contributed by atoms with E-state index in [1.54, 1.807) is 18.3 Å². The number of nitrogens with two attached hydrogens (primary N) is 1. The van der Waals surface area contributed by atoms with Gasteiger partial charge in [-0.1, -0.05) is 35.5 Å². The Hall–Kier alpha value is -2.40. The van der Waals surface area contributed by atoms with Gasteiger partial charge in [-0.15, -0.1) is 0 Å². The lowest BCUT2D eigenvalue weighted by Crippen LogP contribution is -2.12. The smallest absolute Gasteiger partial charge is 0.170 e. The van der Waals surface area contributed by atoms with Crippen LogP contribution in [0, 0.1) is 0 Å². The number of hydrogen-bond acceptors (Lipinski definition) is 4. The van der Waals surface area contributed by atoms with Gasteiger partial charge in [0.1, 0.15) is 0 Å². The molecule has 3 N–H and O–H groups in total. The highest BCUT2D eigenvalue weighted by Gasteiger charge is 2.00. The van der Waals surface area contributed by atoms with Crippen molar-refractivity contribution in [3.8, 4) is 0 Å². The maximum Gasteiger partial charge on any atom is 0.170 e. The molecule has 1 aromatic heterocycles. The second-order valence-corrected chi connectivity index (χ2v) is 4.31. The van der Waals surface area contributed by atoms with Crippen molar-refractivity contribution < 1.29 is 9.94 Å². The van der Waals surface area contributed by atoms with E-state index in [0.29, 0.717) is 18.8 Å². The Labute approximate surface area is 117 Å². The number of hydrogen-bond donors (Lipinski definition) is 2. The first-order valence-corrected chi connectivity index (χ1v) is 6.34. The number of amidine groups is 1. The molecule has 0 aliphatic carbocycles. The lowest BCUT2D eigenvalue weighted by Gasteiger charge is -2.05.